The maximum absolute atomic E-state index is 5.98. The van der Waals surface area contributed by atoms with Crippen molar-refractivity contribution >= 4 is 23.2 Å². The Morgan fingerprint density at radius 3 is 2.63 bits per heavy atom. The number of hydrogen-bond acceptors (Lipinski definition) is 3. The number of aliphatic imine (C=N–C) groups is 1. The summed E-state index contributed by atoms with van der Waals surface area (Å²) in [5, 5.41) is 7.77. The highest BCUT2D eigenvalue weighted by molar-refractivity contribution is 6.30. The molecule has 0 spiro atoms. The van der Waals surface area contributed by atoms with Crippen LogP contribution < -0.4 is 10.6 Å². The molecule has 158 valence electrons. The number of halogens is 1. The van der Waals surface area contributed by atoms with Gasteiger partial charge in [0, 0.05) is 49.6 Å². The number of imidazole rings is 1. The summed E-state index contributed by atoms with van der Waals surface area (Å²) in [6, 6.07) is 14.7. The molecule has 1 saturated heterocycles. The zero-order chi connectivity index (χ0) is 20.9. The number of hydrogen-bond donors (Lipinski definition) is 2. The standard InChI is InChI=1S/C23H29ClN6/c1-17-4-3-5-22-27-21(16-30(17)22)14-26-23(25-2)28-20-10-12-29(13-11-20)15-18-6-8-19(24)9-7-18/h3-9,16,20H,10-15H2,1-2H3,(H2,25,26,28). The second-order valence-electron chi connectivity index (χ2n) is 7.87. The monoisotopic (exact) mass is 424 g/mol. The van der Waals surface area contributed by atoms with Crippen molar-refractivity contribution in [1.82, 2.24) is 24.9 Å². The number of likely N-dealkylation sites (tertiary alicyclic amines) is 1. The van der Waals surface area contributed by atoms with Gasteiger partial charge in [0.15, 0.2) is 5.96 Å². The Morgan fingerprint density at radius 1 is 1.17 bits per heavy atom. The molecule has 0 bridgehead atoms. The number of pyridine rings is 1. The Balaban J connectivity index is 1.25. The summed E-state index contributed by atoms with van der Waals surface area (Å²) in [6.45, 7) is 5.86. The topological polar surface area (TPSA) is 57.0 Å². The van der Waals surface area contributed by atoms with Crippen molar-refractivity contribution in [3.8, 4) is 0 Å². The predicted molar refractivity (Wildman–Crippen MR) is 123 cm³/mol. The molecule has 0 unspecified atom stereocenters. The Labute approximate surface area is 183 Å². The lowest BCUT2D eigenvalue weighted by atomic mass is 10.0. The van der Waals surface area contributed by atoms with Crippen LogP contribution in [0.5, 0.6) is 0 Å². The van der Waals surface area contributed by atoms with E-state index in [-0.39, 0.29) is 0 Å². The summed E-state index contributed by atoms with van der Waals surface area (Å²) in [5.41, 5.74) is 4.47. The molecule has 0 saturated carbocycles. The highest BCUT2D eigenvalue weighted by atomic mass is 35.5. The third-order valence-corrected chi connectivity index (χ3v) is 5.91. The van der Waals surface area contributed by atoms with Crippen LogP contribution in [0.1, 0.15) is 29.8 Å². The number of aromatic nitrogens is 2. The van der Waals surface area contributed by atoms with Crippen molar-refractivity contribution in [2.75, 3.05) is 20.1 Å². The van der Waals surface area contributed by atoms with Crippen molar-refractivity contribution in [2.24, 2.45) is 4.99 Å². The predicted octanol–water partition coefficient (Wildman–Crippen LogP) is 3.63. The zero-order valence-corrected chi connectivity index (χ0v) is 18.4. The van der Waals surface area contributed by atoms with Gasteiger partial charge in [-0.2, -0.15) is 0 Å². The summed E-state index contributed by atoms with van der Waals surface area (Å²) >= 11 is 5.98. The van der Waals surface area contributed by atoms with Crippen molar-refractivity contribution in [1.29, 1.82) is 0 Å². The second kappa shape index (κ2) is 9.49. The van der Waals surface area contributed by atoms with E-state index in [0.29, 0.717) is 12.6 Å². The Kier molecular flexibility index (Phi) is 6.55. The molecule has 3 aromatic rings. The molecule has 1 fully saturated rings. The molecule has 3 heterocycles. The van der Waals surface area contributed by atoms with Gasteiger partial charge >= 0.3 is 0 Å². The largest absolute Gasteiger partial charge is 0.354 e. The fourth-order valence-corrected chi connectivity index (χ4v) is 4.06. The number of aryl methyl sites for hydroxylation is 1. The number of nitrogens with zero attached hydrogens (tertiary/aromatic N) is 4. The highest BCUT2D eigenvalue weighted by Crippen LogP contribution is 2.16. The van der Waals surface area contributed by atoms with Gasteiger partial charge in [-0.3, -0.25) is 9.89 Å². The number of fused-ring (bicyclic) bond motifs is 1. The lowest BCUT2D eigenvalue weighted by molar-refractivity contribution is 0.198. The van der Waals surface area contributed by atoms with E-state index in [2.05, 4.69) is 61.2 Å². The van der Waals surface area contributed by atoms with Gasteiger partial charge in [-0.1, -0.05) is 29.8 Å². The summed E-state index contributed by atoms with van der Waals surface area (Å²) in [4.78, 5) is 11.6. The van der Waals surface area contributed by atoms with E-state index in [1.807, 2.05) is 31.3 Å². The van der Waals surface area contributed by atoms with Crippen LogP contribution in [0.4, 0.5) is 0 Å². The first kappa shape index (κ1) is 20.7. The number of rotatable bonds is 5. The molecule has 0 radical (unpaired) electrons. The normalized spacial score (nSPS) is 16.2. The van der Waals surface area contributed by atoms with Crippen LogP contribution in [0.25, 0.3) is 5.65 Å². The fourth-order valence-electron chi connectivity index (χ4n) is 3.93. The lowest BCUT2D eigenvalue weighted by Crippen LogP contribution is -2.48. The molecule has 6 nitrogen and oxygen atoms in total. The molecule has 0 amide bonds. The Morgan fingerprint density at radius 2 is 1.93 bits per heavy atom. The van der Waals surface area contributed by atoms with Crippen molar-refractivity contribution in [2.45, 2.75) is 38.9 Å². The van der Waals surface area contributed by atoms with Crippen LogP contribution in [-0.2, 0) is 13.1 Å². The molecule has 7 heteroatoms. The SMILES string of the molecule is CN=C(NCc1cn2c(C)cccc2n1)NC1CCN(Cc2ccc(Cl)cc2)CC1. The van der Waals surface area contributed by atoms with E-state index in [9.17, 15) is 0 Å². The van der Waals surface area contributed by atoms with Crippen LogP contribution in [0.2, 0.25) is 5.02 Å². The molecule has 1 aliphatic heterocycles. The molecule has 4 rings (SSSR count). The van der Waals surface area contributed by atoms with Crippen LogP contribution in [0.3, 0.4) is 0 Å². The smallest absolute Gasteiger partial charge is 0.191 e. The van der Waals surface area contributed by atoms with E-state index < -0.39 is 0 Å². The minimum absolute atomic E-state index is 0.431. The number of nitrogens with one attached hydrogen (secondary N) is 2. The average molecular weight is 425 g/mol. The molecule has 2 aromatic heterocycles. The van der Waals surface area contributed by atoms with Crippen LogP contribution >= 0.6 is 11.6 Å². The average Bonchev–Trinajstić information content (AvgIpc) is 3.18. The van der Waals surface area contributed by atoms with Crippen LogP contribution in [-0.4, -0.2) is 46.4 Å². The third-order valence-electron chi connectivity index (χ3n) is 5.65. The van der Waals surface area contributed by atoms with E-state index in [4.69, 9.17) is 11.6 Å². The Bertz CT molecular complexity index is 1000. The first-order valence-corrected chi connectivity index (χ1v) is 10.9. The molecule has 0 aliphatic carbocycles. The third kappa shape index (κ3) is 5.12. The first-order chi connectivity index (χ1) is 14.6. The summed E-state index contributed by atoms with van der Waals surface area (Å²) < 4.78 is 2.11. The van der Waals surface area contributed by atoms with E-state index in [1.165, 1.54) is 11.3 Å². The van der Waals surface area contributed by atoms with Crippen LogP contribution in [0.15, 0.2) is 53.7 Å². The van der Waals surface area contributed by atoms with Gasteiger partial charge in [-0.15, -0.1) is 0 Å². The van der Waals surface area contributed by atoms with Crippen molar-refractivity contribution in [3.05, 3.63) is 70.6 Å². The maximum atomic E-state index is 5.98. The molecular weight excluding hydrogens is 396 g/mol. The minimum atomic E-state index is 0.431. The Hall–Kier alpha value is -2.57. The zero-order valence-electron chi connectivity index (χ0n) is 17.6. The van der Waals surface area contributed by atoms with E-state index >= 15 is 0 Å². The van der Waals surface area contributed by atoms with Gasteiger partial charge in [0.25, 0.3) is 0 Å². The first-order valence-electron chi connectivity index (χ1n) is 10.5. The summed E-state index contributed by atoms with van der Waals surface area (Å²) in [5.74, 6) is 0.833. The van der Waals surface area contributed by atoms with Crippen molar-refractivity contribution < 1.29 is 0 Å². The van der Waals surface area contributed by atoms with E-state index in [0.717, 1.165) is 54.8 Å². The number of benzene rings is 1. The van der Waals surface area contributed by atoms with Gasteiger partial charge < -0.3 is 15.0 Å². The number of piperidine rings is 1. The molecule has 0 atom stereocenters. The number of guanidine groups is 1. The van der Waals surface area contributed by atoms with E-state index in [1.54, 1.807) is 0 Å². The van der Waals surface area contributed by atoms with Gasteiger partial charge in [0.1, 0.15) is 5.65 Å². The summed E-state index contributed by atoms with van der Waals surface area (Å²) in [6.07, 6.45) is 4.28. The molecular formula is C23H29ClN6. The fraction of sp³-hybridized carbons (Fsp3) is 0.391. The van der Waals surface area contributed by atoms with Gasteiger partial charge in [-0.05, 0) is 49.6 Å². The van der Waals surface area contributed by atoms with Gasteiger partial charge in [-0.25, -0.2) is 4.98 Å². The molecule has 1 aromatic carbocycles. The quantitative estimate of drug-likeness (QED) is 0.485. The summed E-state index contributed by atoms with van der Waals surface area (Å²) in [7, 11) is 1.82. The van der Waals surface area contributed by atoms with Crippen molar-refractivity contribution in [3.63, 3.8) is 0 Å². The lowest BCUT2D eigenvalue weighted by Gasteiger charge is -2.33. The maximum Gasteiger partial charge on any atom is 0.191 e. The second-order valence-corrected chi connectivity index (χ2v) is 8.31. The minimum Gasteiger partial charge on any atom is -0.354 e. The van der Waals surface area contributed by atoms with Crippen LogP contribution in [0, 0.1) is 6.92 Å². The highest BCUT2D eigenvalue weighted by Gasteiger charge is 2.20. The molecule has 2 N–H and O–H groups in total. The van der Waals surface area contributed by atoms with Gasteiger partial charge in [0.05, 0.1) is 12.2 Å². The van der Waals surface area contributed by atoms with Gasteiger partial charge in [0.2, 0.25) is 0 Å². The molecule has 30 heavy (non-hydrogen) atoms. The molecule has 1 aliphatic rings.